The monoisotopic (exact) mass is 428 g/mol. The maximum atomic E-state index is 12.5. The Morgan fingerprint density at radius 2 is 1.81 bits per heavy atom. The van der Waals surface area contributed by atoms with Crippen LogP contribution in [0.15, 0.2) is 64.5 Å². The Morgan fingerprint density at radius 3 is 2.65 bits per heavy atom. The molecule has 3 heterocycles. The number of carbonyl (C=O) groups is 1. The number of carbonyl (C=O) groups excluding carboxylic acids is 1. The molecule has 0 unspecified atom stereocenters. The summed E-state index contributed by atoms with van der Waals surface area (Å²) in [6, 6.07) is 17.8. The predicted molar refractivity (Wildman–Crippen MR) is 119 cm³/mol. The summed E-state index contributed by atoms with van der Waals surface area (Å²) < 4.78 is 5.57. The molecule has 7 heteroatoms. The van der Waals surface area contributed by atoms with Crippen molar-refractivity contribution in [2.75, 3.05) is 11.4 Å². The van der Waals surface area contributed by atoms with Gasteiger partial charge in [0, 0.05) is 41.1 Å². The minimum absolute atomic E-state index is 0.0768. The van der Waals surface area contributed by atoms with Gasteiger partial charge < -0.3 is 9.42 Å². The molecule has 1 saturated carbocycles. The van der Waals surface area contributed by atoms with E-state index in [4.69, 9.17) is 9.51 Å². The molecule has 2 aromatic heterocycles. The number of anilines is 1. The lowest BCUT2D eigenvalue weighted by Gasteiger charge is -2.15. The first-order chi connectivity index (χ1) is 15.2. The number of rotatable bonds is 5. The highest BCUT2D eigenvalue weighted by atomic mass is 32.1. The Morgan fingerprint density at radius 1 is 0.968 bits per heavy atom. The van der Waals surface area contributed by atoms with Gasteiger partial charge in [-0.2, -0.15) is 4.98 Å². The number of thiazole rings is 1. The van der Waals surface area contributed by atoms with Gasteiger partial charge in [0.05, 0.1) is 16.6 Å². The first-order valence-corrected chi connectivity index (χ1v) is 11.4. The first-order valence-electron chi connectivity index (χ1n) is 10.5. The molecular formula is C24H20N4O2S. The van der Waals surface area contributed by atoms with Crippen molar-refractivity contribution < 1.29 is 9.32 Å². The third kappa shape index (κ3) is 3.55. The first kappa shape index (κ1) is 18.4. The van der Waals surface area contributed by atoms with Crippen LogP contribution in [-0.2, 0) is 4.79 Å². The number of para-hydroxylation sites is 1. The van der Waals surface area contributed by atoms with E-state index in [1.807, 2.05) is 42.5 Å². The van der Waals surface area contributed by atoms with Crippen LogP contribution in [0, 0.1) is 0 Å². The number of hydrogen-bond acceptors (Lipinski definition) is 6. The number of aromatic nitrogens is 3. The number of benzene rings is 2. The lowest BCUT2D eigenvalue weighted by Crippen LogP contribution is -2.24. The lowest BCUT2D eigenvalue weighted by atomic mass is 10.1. The second kappa shape index (κ2) is 7.42. The standard InChI is InChI=1S/C24H20N4O2S/c29-21-12-18(13-28(21)19-7-2-1-3-8-19)23-26-22(27-30-23)17-6-4-5-16(11-17)20-14-31-24(25-20)15-9-10-15/h1-8,11,14-15,18H,9-10,12-13H2/t18-/m1/s1. The fourth-order valence-corrected chi connectivity index (χ4v) is 5.00. The largest absolute Gasteiger partial charge is 0.339 e. The number of hydrogen-bond donors (Lipinski definition) is 0. The summed E-state index contributed by atoms with van der Waals surface area (Å²) in [5.74, 6) is 1.69. The van der Waals surface area contributed by atoms with Gasteiger partial charge in [-0.15, -0.1) is 11.3 Å². The topological polar surface area (TPSA) is 72.1 Å². The summed E-state index contributed by atoms with van der Waals surface area (Å²) in [7, 11) is 0. The highest BCUT2D eigenvalue weighted by Crippen LogP contribution is 2.42. The molecule has 31 heavy (non-hydrogen) atoms. The second-order valence-electron chi connectivity index (χ2n) is 8.12. The zero-order valence-corrected chi connectivity index (χ0v) is 17.6. The van der Waals surface area contributed by atoms with Gasteiger partial charge in [-0.3, -0.25) is 4.79 Å². The third-order valence-electron chi connectivity index (χ3n) is 5.85. The van der Waals surface area contributed by atoms with Gasteiger partial charge >= 0.3 is 0 Å². The molecule has 4 aromatic rings. The molecule has 0 spiro atoms. The van der Waals surface area contributed by atoms with E-state index in [1.165, 1.54) is 17.8 Å². The summed E-state index contributed by atoms with van der Waals surface area (Å²) in [6.07, 6.45) is 2.88. The van der Waals surface area contributed by atoms with Crippen LogP contribution >= 0.6 is 11.3 Å². The minimum atomic E-state index is -0.100. The van der Waals surface area contributed by atoms with Crippen LogP contribution in [-0.4, -0.2) is 27.6 Å². The van der Waals surface area contributed by atoms with E-state index >= 15 is 0 Å². The van der Waals surface area contributed by atoms with Crippen molar-refractivity contribution in [1.82, 2.24) is 15.1 Å². The number of nitrogens with zero attached hydrogens (tertiary/aromatic N) is 4. The maximum absolute atomic E-state index is 12.5. The summed E-state index contributed by atoms with van der Waals surface area (Å²) >= 11 is 1.74. The molecule has 1 aliphatic carbocycles. The molecule has 0 bridgehead atoms. The van der Waals surface area contributed by atoms with Crippen molar-refractivity contribution in [2.24, 2.45) is 0 Å². The van der Waals surface area contributed by atoms with E-state index in [0.29, 0.717) is 30.6 Å². The zero-order chi connectivity index (χ0) is 20.8. The minimum Gasteiger partial charge on any atom is -0.339 e. The second-order valence-corrected chi connectivity index (χ2v) is 9.01. The molecule has 1 atom stereocenters. The molecular weight excluding hydrogens is 408 g/mol. The maximum Gasteiger partial charge on any atom is 0.232 e. The van der Waals surface area contributed by atoms with Crippen molar-refractivity contribution in [3.8, 4) is 22.6 Å². The van der Waals surface area contributed by atoms with E-state index in [9.17, 15) is 4.79 Å². The van der Waals surface area contributed by atoms with Crippen molar-refractivity contribution in [3.05, 3.63) is 70.9 Å². The molecule has 1 aliphatic heterocycles. The predicted octanol–water partition coefficient (Wildman–Crippen LogP) is 5.26. The summed E-state index contributed by atoms with van der Waals surface area (Å²) in [4.78, 5) is 23.7. The van der Waals surface area contributed by atoms with Crippen LogP contribution in [0.1, 0.15) is 42.0 Å². The van der Waals surface area contributed by atoms with Gasteiger partial charge in [-0.05, 0) is 31.0 Å². The summed E-state index contributed by atoms with van der Waals surface area (Å²) in [5.41, 5.74) is 3.84. The Kier molecular flexibility index (Phi) is 4.42. The average Bonchev–Trinajstić information content (AvgIpc) is 3.19. The zero-order valence-electron chi connectivity index (χ0n) is 16.8. The smallest absolute Gasteiger partial charge is 0.232 e. The fraction of sp³-hybridized carbons (Fsp3) is 0.250. The van der Waals surface area contributed by atoms with Crippen LogP contribution in [0.4, 0.5) is 5.69 Å². The van der Waals surface area contributed by atoms with Gasteiger partial charge in [0.2, 0.25) is 17.6 Å². The van der Waals surface area contributed by atoms with Crippen LogP contribution in [0.5, 0.6) is 0 Å². The number of amides is 1. The van der Waals surface area contributed by atoms with E-state index in [2.05, 4.69) is 27.7 Å². The summed E-state index contributed by atoms with van der Waals surface area (Å²) in [5, 5.41) is 7.55. The van der Waals surface area contributed by atoms with Gasteiger partial charge in [0.15, 0.2) is 0 Å². The van der Waals surface area contributed by atoms with Crippen LogP contribution in [0.2, 0.25) is 0 Å². The van der Waals surface area contributed by atoms with Gasteiger partial charge in [0.25, 0.3) is 0 Å². The molecule has 0 radical (unpaired) electrons. The highest BCUT2D eigenvalue weighted by molar-refractivity contribution is 7.10. The summed E-state index contributed by atoms with van der Waals surface area (Å²) in [6.45, 7) is 0.549. The van der Waals surface area contributed by atoms with Crippen LogP contribution in [0.25, 0.3) is 22.6 Å². The molecule has 6 rings (SSSR count). The van der Waals surface area contributed by atoms with Gasteiger partial charge in [0.1, 0.15) is 0 Å². The van der Waals surface area contributed by atoms with Crippen molar-refractivity contribution >= 4 is 22.9 Å². The highest BCUT2D eigenvalue weighted by Gasteiger charge is 2.35. The Balaban J connectivity index is 1.23. The lowest BCUT2D eigenvalue weighted by molar-refractivity contribution is -0.117. The van der Waals surface area contributed by atoms with E-state index in [0.717, 1.165) is 22.5 Å². The SMILES string of the molecule is O=C1C[C@@H](c2nc(-c3cccc(-c4csc(C5CC5)n4)c3)no2)CN1c1ccccc1. The van der Waals surface area contributed by atoms with E-state index < -0.39 is 0 Å². The molecule has 2 aromatic carbocycles. The molecule has 6 nitrogen and oxygen atoms in total. The van der Waals surface area contributed by atoms with E-state index in [1.54, 1.807) is 16.2 Å². The van der Waals surface area contributed by atoms with Gasteiger partial charge in [-0.25, -0.2) is 4.98 Å². The molecule has 0 N–H and O–H groups in total. The molecule has 154 valence electrons. The normalized spacial score (nSPS) is 18.6. The quantitative estimate of drug-likeness (QED) is 0.434. The molecule has 1 saturated heterocycles. The Bertz CT molecular complexity index is 1250. The molecule has 2 fully saturated rings. The Hall–Kier alpha value is -3.32. The van der Waals surface area contributed by atoms with Crippen molar-refractivity contribution in [3.63, 3.8) is 0 Å². The van der Waals surface area contributed by atoms with Crippen molar-refractivity contribution in [1.29, 1.82) is 0 Å². The third-order valence-corrected chi connectivity index (χ3v) is 6.86. The van der Waals surface area contributed by atoms with Crippen LogP contribution in [0.3, 0.4) is 0 Å². The fourth-order valence-electron chi connectivity index (χ4n) is 4.00. The van der Waals surface area contributed by atoms with Crippen molar-refractivity contribution in [2.45, 2.75) is 31.1 Å². The Labute approximate surface area is 183 Å². The molecule has 1 amide bonds. The van der Waals surface area contributed by atoms with Gasteiger partial charge in [-0.1, -0.05) is 41.6 Å². The average molecular weight is 429 g/mol. The van der Waals surface area contributed by atoms with Crippen LogP contribution < -0.4 is 4.90 Å². The van der Waals surface area contributed by atoms with E-state index in [-0.39, 0.29) is 11.8 Å². The molecule has 2 aliphatic rings.